The molecule has 1 amide bonds. The second-order valence-electron chi connectivity index (χ2n) is 7.10. The third-order valence-corrected chi connectivity index (χ3v) is 5.00. The highest BCUT2D eigenvalue weighted by atomic mass is 16.5. The van der Waals surface area contributed by atoms with Crippen molar-refractivity contribution in [3.63, 3.8) is 0 Å². The average Bonchev–Trinajstić information content (AvgIpc) is 2.80. The van der Waals surface area contributed by atoms with Crippen molar-refractivity contribution in [1.29, 1.82) is 0 Å². The first-order chi connectivity index (χ1) is 15.0. The van der Waals surface area contributed by atoms with Crippen molar-refractivity contribution in [1.82, 2.24) is 5.32 Å². The van der Waals surface area contributed by atoms with Crippen molar-refractivity contribution in [2.45, 2.75) is 19.5 Å². The number of ether oxygens (including phenoxy) is 3. The van der Waals surface area contributed by atoms with Gasteiger partial charge in [0.25, 0.3) is 0 Å². The monoisotopic (exact) mass is 420 g/mol. The normalized spacial score (nSPS) is 11.5. The van der Waals surface area contributed by atoms with Gasteiger partial charge in [0, 0.05) is 23.9 Å². The lowest BCUT2D eigenvalue weighted by Gasteiger charge is -2.21. The van der Waals surface area contributed by atoms with Crippen molar-refractivity contribution < 1.29 is 19.0 Å². The van der Waals surface area contributed by atoms with Crippen LogP contribution in [0.3, 0.4) is 0 Å². The molecule has 0 aromatic heterocycles. The second kappa shape index (κ2) is 10.5. The standard InChI is InChI=1S/C25H28N2O4/c1-17-10-12-20(13-11-17)27-25(28)24(18-8-6-5-7-9-18)26-16-19-14-22(30-3)23(31-4)15-21(19)29-2/h5-15,24,26H,16H2,1-4H3,(H,27,28)/t24-/m1/s1. The lowest BCUT2D eigenvalue weighted by molar-refractivity contribution is -0.118. The molecular formula is C25H28N2O4. The smallest absolute Gasteiger partial charge is 0.246 e. The van der Waals surface area contributed by atoms with Gasteiger partial charge in [0.2, 0.25) is 5.91 Å². The van der Waals surface area contributed by atoms with E-state index in [1.807, 2.05) is 67.6 Å². The number of aryl methyl sites for hydroxylation is 1. The molecule has 0 saturated carbocycles. The minimum absolute atomic E-state index is 0.144. The molecule has 162 valence electrons. The van der Waals surface area contributed by atoms with Crippen LogP contribution >= 0.6 is 0 Å². The number of amides is 1. The number of carbonyl (C=O) groups excluding carboxylic acids is 1. The molecule has 0 spiro atoms. The Morgan fingerprint density at radius 3 is 2.06 bits per heavy atom. The topological polar surface area (TPSA) is 68.8 Å². The van der Waals surface area contributed by atoms with E-state index in [-0.39, 0.29) is 5.91 Å². The fraction of sp³-hybridized carbons (Fsp3) is 0.240. The van der Waals surface area contributed by atoms with Crippen LogP contribution < -0.4 is 24.8 Å². The molecule has 3 aromatic rings. The van der Waals surface area contributed by atoms with Gasteiger partial charge < -0.3 is 19.5 Å². The molecule has 0 bridgehead atoms. The molecule has 0 radical (unpaired) electrons. The first-order valence-electron chi connectivity index (χ1n) is 10.0. The maximum absolute atomic E-state index is 13.1. The molecule has 0 heterocycles. The van der Waals surface area contributed by atoms with Crippen LogP contribution in [-0.4, -0.2) is 27.2 Å². The Balaban J connectivity index is 1.84. The number of benzene rings is 3. The van der Waals surface area contributed by atoms with E-state index in [0.29, 0.717) is 23.8 Å². The van der Waals surface area contributed by atoms with Gasteiger partial charge in [-0.1, -0.05) is 48.0 Å². The Labute approximate surface area is 183 Å². The number of hydrogen-bond acceptors (Lipinski definition) is 5. The molecule has 1 atom stereocenters. The van der Waals surface area contributed by atoms with Crippen LogP contribution in [0, 0.1) is 6.92 Å². The number of nitrogens with one attached hydrogen (secondary N) is 2. The van der Waals surface area contributed by atoms with Gasteiger partial charge in [0.15, 0.2) is 11.5 Å². The lowest BCUT2D eigenvalue weighted by Crippen LogP contribution is -2.32. The van der Waals surface area contributed by atoms with E-state index in [0.717, 1.165) is 22.4 Å². The summed E-state index contributed by atoms with van der Waals surface area (Å²) in [6, 6.07) is 20.4. The number of rotatable bonds is 9. The first kappa shape index (κ1) is 22.2. The summed E-state index contributed by atoms with van der Waals surface area (Å²) in [6.45, 7) is 2.40. The molecule has 3 rings (SSSR count). The van der Waals surface area contributed by atoms with Gasteiger partial charge in [-0.3, -0.25) is 10.1 Å². The molecule has 3 aromatic carbocycles. The summed E-state index contributed by atoms with van der Waals surface area (Å²) in [7, 11) is 4.77. The predicted molar refractivity (Wildman–Crippen MR) is 122 cm³/mol. The maximum Gasteiger partial charge on any atom is 0.246 e. The first-order valence-corrected chi connectivity index (χ1v) is 10.0. The molecule has 0 unspecified atom stereocenters. The Morgan fingerprint density at radius 2 is 1.45 bits per heavy atom. The van der Waals surface area contributed by atoms with Gasteiger partial charge >= 0.3 is 0 Å². The summed E-state index contributed by atoms with van der Waals surface area (Å²) in [4.78, 5) is 13.1. The van der Waals surface area contributed by atoms with Crippen molar-refractivity contribution in [3.05, 3.63) is 83.4 Å². The second-order valence-corrected chi connectivity index (χ2v) is 7.10. The number of methoxy groups -OCH3 is 3. The van der Waals surface area contributed by atoms with Gasteiger partial charge in [-0.15, -0.1) is 0 Å². The fourth-order valence-corrected chi connectivity index (χ4v) is 3.30. The van der Waals surface area contributed by atoms with Crippen LogP contribution in [0.15, 0.2) is 66.7 Å². The molecule has 0 aliphatic heterocycles. The molecule has 0 saturated heterocycles. The molecule has 31 heavy (non-hydrogen) atoms. The van der Waals surface area contributed by atoms with Crippen molar-refractivity contribution in [3.8, 4) is 17.2 Å². The van der Waals surface area contributed by atoms with E-state index in [9.17, 15) is 4.79 Å². The Morgan fingerprint density at radius 1 is 0.839 bits per heavy atom. The number of hydrogen-bond donors (Lipinski definition) is 2. The van der Waals surface area contributed by atoms with Gasteiger partial charge in [-0.25, -0.2) is 0 Å². The third kappa shape index (κ3) is 5.55. The fourth-order valence-electron chi connectivity index (χ4n) is 3.30. The quantitative estimate of drug-likeness (QED) is 0.534. The Bertz CT molecular complexity index is 1000. The number of anilines is 1. The summed E-state index contributed by atoms with van der Waals surface area (Å²) in [5, 5.41) is 6.35. The number of carbonyl (C=O) groups is 1. The van der Waals surface area contributed by atoms with Crippen LogP contribution in [-0.2, 0) is 11.3 Å². The molecule has 0 aliphatic rings. The zero-order chi connectivity index (χ0) is 22.2. The van der Waals surface area contributed by atoms with E-state index in [4.69, 9.17) is 14.2 Å². The average molecular weight is 421 g/mol. The Kier molecular flexibility index (Phi) is 7.51. The van der Waals surface area contributed by atoms with E-state index in [2.05, 4.69) is 10.6 Å². The Hall–Kier alpha value is -3.51. The van der Waals surface area contributed by atoms with E-state index < -0.39 is 6.04 Å². The highest BCUT2D eigenvalue weighted by Crippen LogP contribution is 2.34. The zero-order valence-electron chi connectivity index (χ0n) is 18.3. The zero-order valence-corrected chi connectivity index (χ0v) is 18.3. The van der Waals surface area contributed by atoms with Crippen molar-refractivity contribution in [2.75, 3.05) is 26.6 Å². The highest BCUT2D eigenvalue weighted by molar-refractivity contribution is 5.95. The van der Waals surface area contributed by atoms with Gasteiger partial charge in [-0.2, -0.15) is 0 Å². The SMILES string of the molecule is COc1cc(OC)c(OC)cc1CN[C@@H](C(=O)Nc1ccc(C)cc1)c1ccccc1. The van der Waals surface area contributed by atoms with Crippen molar-refractivity contribution >= 4 is 11.6 Å². The summed E-state index contributed by atoms with van der Waals surface area (Å²) in [5.74, 6) is 1.69. The van der Waals surface area contributed by atoms with Crippen LogP contribution in [0.1, 0.15) is 22.7 Å². The molecule has 6 nitrogen and oxygen atoms in total. The molecule has 6 heteroatoms. The van der Waals surface area contributed by atoms with Gasteiger partial charge in [-0.05, 0) is 30.7 Å². The molecular weight excluding hydrogens is 392 g/mol. The van der Waals surface area contributed by atoms with Crippen LogP contribution in [0.5, 0.6) is 17.2 Å². The molecule has 2 N–H and O–H groups in total. The van der Waals surface area contributed by atoms with Gasteiger partial charge in [0.1, 0.15) is 11.8 Å². The van der Waals surface area contributed by atoms with Crippen LogP contribution in [0.25, 0.3) is 0 Å². The van der Waals surface area contributed by atoms with Crippen molar-refractivity contribution in [2.24, 2.45) is 0 Å². The maximum atomic E-state index is 13.1. The van der Waals surface area contributed by atoms with E-state index in [1.54, 1.807) is 27.4 Å². The minimum atomic E-state index is -0.555. The summed E-state index contributed by atoms with van der Waals surface area (Å²) < 4.78 is 16.3. The summed E-state index contributed by atoms with van der Waals surface area (Å²) in [5.41, 5.74) is 3.61. The van der Waals surface area contributed by atoms with Gasteiger partial charge in [0.05, 0.1) is 21.3 Å². The summed E-state index contributed by atoms with van der Waals surface area (Å²) in [6.07, 6.45) is 0. The predicted octanol–water partition coefficient (Wildman–Crippen LogP) is 4.49. The summed E-state index contributed by atoms with van der Waals surface area (Å²) >= 11 is 0. The van der Waals surface area contributed by atoms with Crippen LogP contribution in [0.4, 0.5) is 5.69 Å². The highest BCUT2D eigenvalue weighted by Gasteiger charge is 2.21. The van der Waals surface area contributed by atoms with Crippen LogP contribution in [0.2, 0.25) is 0 Å². The third-order valence-electron chi connectivity index (χ3n) is 5.00. The van der Waals surface area contributed by atoms with E-state index >= 15 is 0 Å². The van der Waals surface area contributed by atoms with E-state index in [1.165, 1.54) is 0 Å². The molecule has 0 aliphatic carbocycles. The lowest BCUT2D eigenvalue weighted by atomic mass is 10.0. The molecule has 0 fully saturated rings. The minimum Gasteiger partial charge on any atom is -0.496 e. The largest absolute Gasteiger partial charge is 0.496 e.